The van der Waals surface area contributed by atoms with Crippen LogP contribution in [0.4, 0.5) is 0 Å². The SMILES string of the molecule is C=CCOC(=O)c1cccc(C(=O)On2ccnc2)c1C. The molecule has 108 valence electrons. The summed E-state index contributed by atoms with van der Waals surface area (Å²) in [7, 11) is 0. The van der Waals surface area contributed by atoms with Crippen LogP contribution in [-0.4, -0.2) is 28.3 Å². The molecule has 0 unspecified atom stereocenters. The van der Waals surface area contributed by atoms with E-state index in [1.165, 1.54) is 29.5 Å². The van der Waals surface area contributed by atoms with Crippen molar-refractivity contribution in [3.63, 3.8) is 0 Å². The molecule has 0 radical (unpaired) electrons. The summed E-state index contributed by atoms with van der Waals surface area (Å²) in [4.78, 5) is 32.8. The molecule has 0 aliphatic heterocycles. The van der Waals surface area contributed by atoms with Crippen molar-refractivity contribution in [3.8, 4) is 0 Å². The third-order valence-electron chi connectivity index (χ3n) is 2.77. The molecule has 0 aliphatic rings. The average Bonchev–Trinajstić information content (AvgIpc) is 2.97. The van der Waals surface area contributed by atoms with Gasteiger partial charge in [0, 0.05) is 6.20 Å². The summed E-state index contributed by atoms with van der Waals surface area (Å²) in [6.07, 6.45) is 5.82. The molecule has 0 bridgehead atoms. The van der Waals surface area contributed by atoms with E-state index in [1.807, 2.05) is 0 Å². The van der Waals surface area contributed by atoms with Gasteiger partial charge in [-0.3, -0.25) is 0 Å². The predicted octanol–water partition coefficient (Wildman–Crippen LogP) is 1.80. The van der Waals surface area contributed by atoms with E-state index < -0.39 is 11.9 Å². The highest BCUT2D eigenvalue weighted by atomic mass is 16.7. The Morgan fingerprint density at radius 2 is 2.05 bits per heavy atom. The zero-order valence-corrected chi connectivity index (χ0v) is 11.5. The highest BCUT2D eigenvalue weighted by Gasteiger charge is 2.18. The summed E-state index contributed by atoms with van der Waals surface area (Å²) in [6.45, 7) is 5.25. The molecule has 0 N–H and O–H groups in total. The number of nitrogens with zero attached hydrogens (tertiary/aromatic N) is 2. The van der Waals surface area contributed by atoms with E-state index in [4.69, 9.17) is 9.57 Å². The zero-order chi connectivity index (χ0) is 15.2. The minimum atomic E-state index is -0.580. The largest absolute Gasteiger partial charge is 0.458 e. The Hall–Kier alpha value is -2.89. The summed E-state index contributed by atoms with van der Waals surface area (Å²) >= 11 is 0. The van der Waals surface area contributed by atoms with Gasteiger partial charge in [-0.05, 0) is 24.6 Å². The van der Waals surface area contributed by atoms with E-state index >= 15 is 0 Å². The van der Waals surface area contributed by atoms with Crippen LogP contribution in [0.3, 0.4) is 0 Å². The Labute approximate surface area is 121 Å². The van der Waals surface area contributed by atoms with Crippen LogP contribution in [0.1, 0.15) is 26.3 Å². The second kappa shape index (κ2) is 6.51. The van der Waals surface area contributed by atoms with Gasteiger partial charge in [0.05, 0.1) is 17.3 Å². The van der Waals surface area contributed by atoms with Gasteiger partial charge in [0.25, 0.3) is 0 Å². The fraction of sp³-hybridized carbons (Fsp3) is 0.133. The first kappa shape index (κ1) is 14.5. The number of hydrogen-bond acceptors (Lipinski definition) is 5. The number of ether oxygens (including phenoxy) is 1. The van der Waals surface area contributed by atoms with Crippen molar-refractivity contribution in [1.29, 1.82) is 0 Å². The van der Waals surface area contributed by atoms with Gasteiger partial charge in [0.1, 0.15) is 12.9 Å². The molecule has 0 saturated heterocycles. The Kier molecular flexibility index (Phi) is 4.50. The van der Waals surface area contributed by atoms with Crippen LogP contribution in [0.15, 0.2) is 49.6 Å². The number of aromatic nitrogens is 2. The second-order valence-electron chi connectivity index (χ2n) is 4.17. The maximum absolute atomic E-state index is 12.1. The molecular formula is C15H14N2O4. The lowest BCUT2D eigenvalue weighted by Crippen LogP contribution is -2.20. The minimum Gasteiger partial charge on any atom is -0.458 e. The first-order valence-electron chi connectivity index (χ1n) is 6.21. The lowest BCUT2D eigenvalue weighted by atomic mass is 10.0. The quantitative estimate of drug-likeness (QED) is 0.619. The number of carbonyl (C=O) groups excluding carboxylic acids is 2. The fourth-order valence-electron chi connectivity index (χ4n) is 1.74. The number of esters is 1. The summed E-state index contributed by atoms with van der Waals surface area (Å²) < 4.78 is 6.16. The molecule has 1 aromatic carbocycles. The fourth-order valence-corrected chi connectivity index (χ4v) is 1.74. The van der Waals surface area contributed by atoms with Crippen LogP contribution < -0.4 is 4.84 Å². The summed E-state index contributed by atoms with van der Waals surface area (Å²) in [6, 6.07) is 4.77. The third-order valence-corrected chi connectivity index (χ3v) is 2.77. The number of carbonyl (C=O) groups is 2. The first-order chi connectivity index (χ1) is 10.1. The van der Waals surface area contributed by atoms with Crippen molar-refractivity contribution < 1.29 is 19.2 Å². The Balaban J connectivity index is 2.22. The Morgan fingerprint density at radius 1 is 1.33 bits per heavy atom. The van der Waals surface area contributed by atoms with Gasteiger partial charge in [-0.2, -0.15) is 4.73 Å². The number of benzene rings is 1. The number of imidazole rings is 1. The molecule has 1 heterocycles. The zero-order valence-electron chi connectivity index (χ0n) is 11.5. The molecule has 0 aliphatic carbocycles. The molecule has 6 nitrogen and oxygen atoms in total. The van der Waals surface area contributed by atoms with Crippen molar-refractivity contribution in [2.75, 3.05) is 6.61 Å². The van der Waals surface area contributed by atoms with E-state index in [-0.39, 0.29) is 12.2 Å². The van der Waals surface area contributed by atoms with Crippen molar-refractivity contribution in [2.24, 2.45) is 0 Å². The van der Waals surface area contributed by atoms with Crippen molar-refractivity contribution in [2.45, 2.75) is 6.92 Å². The van der Waals surface area contributed by atoms with E-state index in [1.54, 1.807) is 25.1 Å². The molecule has 0 amide bonds. The normalized spacial score (nSPS) is 9.95. The lowest BCUT2D eigenvalue weighted by Gasteiger charge is -2.10. The molecule has 0 fully saturated rings. The van der Waals surface area contributed by atoms with E-state index in [0.29, 0.717) is 11.1 Å². The number of hydrogen-bond donors (Lipinski definition) is 0. The van der Waals surface area contributed by atoms with E-state index in [9.17, 15) is 9.59 Å². The van der Waals surface area contributed by atoms with E-state index in [0.717, 1.165) is 0 Å². The smallest absolute Gasteiger partial charge is 0.363 e. The Bertz CT molecular complexity index is 662. The highest BCUT2D eigenvalue weighted by Crippen LogP contribution is 2.15. The summed E-state index contributed by atoms with van der Waals surface area (Å²) in [5, 5.41) is 0. The molecule has 21 heavy (non-hydrogen) atoms. The third kappa shape index (κ3) is 3.36. The van der Waals surface area contributed by atoms with Gasteiger partial charge in [0.15, 0.2) is 0 Å². The molecular weight excluding hydrogens is 272 g/mol. The number of rotatable bonds is 5. The summed E-state index contributed by atoms with van der Waals surface area (Å²) in [5.41, 5.74) is 1.10. The monoisotopic (exact) mass is 286 g/mol. The van der Waals surface area contributed by atoms with Crippen molar-refractivity contribution in [1.82, 2.24) is 9.71 Å². The Morgan fingerprint density at radius 3 is 2.67 bits per heavy atom. The first-order valence-corrected chi connectivity index (χ1v) is 6.21. The second-order valence-corrected chi connectivity index (χ2v) is 4.17. The predicted molar refractivity (Wildman–Crippen MR) is 74.8 cm³/mol. The molecule has 2 rings (SSSR count). The molecule has 2 aromatic rings. The maximum Gasteiger partial charge on any atom is 0.363 e. The molecule has 0 spiro atoms. The summed E-state index contributed by atoms with van der Waals surface area (Å²) in [5.74, 6) is -1.09. The maximum atomic E-state index is 12.1. The van der Waals surface area contributed by atoms with Crippen molar-refractivity contribution >= 4 is 11.9 Å². The minimum absolute atomic E-state index is 0.113. The molecule has 1 aromatic heterocycles. The van der Waals surface area contributed by atoms with Crippen LogP contribution in [-0.2, 0) is 4.74 Å². The van der Waals surface area contributed by atoms with Crippen LogP contribution >= 0.6 is 0 Å². The molecule has 0 atom stereocenters. The van der Waals surface area contributed by atoms with Crippen molar-refractivity contribution in [3.05, 3.63) is 66.3 Å². The van der Waals surface area contributed by atoms with Crippen LogP contribution in [0.5, 0.6) is 0 Å². The van der Waals surface area contributed by atoms with Gasteiger partial charge in [-0.1, -0.05) is 18.7 Å². The van der Waals surface area contributed by atoms with Crippen LogP contribution in [0.2, 0.25) is 0 Å². The van der Waals surface area contributed by atoms with E-state index in [2.05, 4.69) is 11.6 Å². The van der Waals surface area contributed by atoms with Gasteiger partial charge in [-0.25, -0.2) is 14.6 Å². The van der Waals surface area contributed by atoms with Gasteiger partial charge in [-0.15, -0.1) is 0 Å². The van der Waals surface area contributed by atoms with Gasteiger partial charge >= 0.3 is 11.9 Å². The lowest BCUT2D eigenvalue weighted by molar-refractivity contribution is 0.0459. The topological polar surface area (TPSA) is 70.4 Å². The average molecular weight is 286 g/mol. The van der Waals surface area contributed by atoms with Gasteiger partial charge in [0.2, 0.25) is 0 Å². The van der Waals surface area contributed by atoms with Gasteiger partial charge < -0.3 is 9.57 Å². The molecule has 0 saturated carbocycles. The molecule has 6 heteroatoms. The highest BCUT2D eigenvalue weighted by molar-refractivity contribution is 5.98. The standard InChI is InChI=1S/C15H14N2O4/c1-3-9-20-14(18)12-5-4-6-13(11(12)2)15(19)21-17-8-7-16-10-17/h3-8,10H,1,9H2,2H3. The van der Waals surface area contributed by atoms with Crippen LogP contribution in [0.25, 0.3) is 0 Å². The van der Waals surface area contributed by atoms with Crippen LogP contribution in [0, 0.1) is 6.92 Å².